The summed E-state index contributed by atoms with van der Waals surface area (Å²) in [4.78, 5) is 3.95. The third kappa shape index (κ3) is 1.77. The van der Waals surface area contributed by atoms with Crippen molar-refractivity contribution in [3.05, 3.63) is 29.6 Å². The van der Waals surface area contributed by atoms with E-state index >= 15 is 0 Å². The molecule has 60 valence electrons. The first-order chi connectivity index (χ1) is 5.25. The van der Waals surface area contributed by atoms with Crippen molar-refractivity contribution in [1.82, 2.24) is 4.98 Å². The zero-order valence-electron chi connectivity index (χ0n) is 6.91. The molecule has 0 saturated heterocycles. The van der Waals surface area contributed by atoms with Crippen LogP contribution in [-0.4, -0.2) is 10.1 Å². The number of aliphatic hydroxyl groups excluding tert-OH is 1. The van der Waals surface area contributed by atoms with Crippen LogP contribution in [0.5, 0.6) is 0 Å². The average Bonchev–Trinajstić information content (AvgIpc) is 2.04. The van der Waals surface area contributed by atoms with Crippen LogP contribution in [0, 0.1) is 6.92 Å². The predicted molar refractivity (Wildman–Crippen MR) is 44.2 cm³/mol. The molecule has 11 heavy (non-hydrogen) atoms. The molecule has 1 heterocycles. The standard InChI is InChI=1S/C9H13NO/c1-3-9(11)8-4-5-10-6-7(8)2/h4-6,9,11H,3H2,1-2H3/t9-/m1/s1. The van der Waals surface area contributed by atoms with E-state index in [0.29, 0.717) is 0 Å². The first kappa shape index (κ1) is 8.21. The Kier molecular flexibility index (Phi) is 2.60. The summed E-state index contributed by atoms with van der Waals surface area (Å²) >= 11 is 0. The van der Waals surface area contributed by atoms with Crippen LogP contribution in [0.3, 0.4) is 0 Å². The second-order valence-electron chi connectivity index (χ2n) is 2.66. The zero-order chi connectivity index (χ0) is 8.27. The molecule has 0 aliphatic heterocycles. The van der Waals surface area contributed by atoms with Gasteiger partial charge in [0.25, 0.3) is 0 Å². The molecule has 0 aliphatic carbocycles. The second kappa shape index (κ2) is 3.49. The molecule has 1 aromatic heterocycles. The molecule has 0 saturated carbocycles. The maximum atomic E-state index is 9.48. The van der Waals surface area contributed by atoms with Gasteiger partial charge in [-0.05, 0) is 30.5 Å². The Bertz CT molecular complexity index is 235. The Morgan fingerprint density at radius 3 is 2.91 bits per heavy atom. The fraction of sp³-hybridized carbons (Fsp3) is 0.444. The van der Waals surface area contributed by atoms with Crippen LogP contribution < -0.4 is 0 Å². The van der Waals surface area contributed by atoms with Crippen molar-refractivity contribution >= 4 is 0 Å². The quantitative estimate of drug-likeness (QED) is 0.699. The lowest BCUT2D eigenvalue weighted by Crippen LogP contribution is -1.98. The summed E-state index contributed by atoms with van der Waals surface area (Å²) in [5.41, 5.74) is 2.05. The van der Waals surface area contributed by atoms with Gasteiger partial charge >= 0.3 is 0 Å². The van der Waals surface area contributed by atoms with E-state index in [4.69, 9.17) is 0 Å². The van der Waals surface area contributed by atoms with Crippen LogP contribution in [0.25, 0.3) is 0 Å². The number of pyridine rings is 1. The van der Waals surface area contributed by atoms with Crippen LogP contribution in [0.1, 0.15) is 30.6 Å². The van der Waals surface area contributed by atoms with Crippen molar-refractivity contribution in [3.8, 4) is 0 Å². The number of rotatable bonds is 2. The van der Waals surface area contributed by atoms with Gasteiger partial charge in [-0.25, -0.2) is 0 Å². The molecule has 2 nitrogen and oxygen atoms in total. The number of hydrogen-bond donors (Lipinski definition) is 1. The van der Waals surface area contributed by atoms with Crippen molar-refractivity contribution in [2.24, 2.45) is 0 Å². The van der Waals surface area contributed by atoms with Crippen molar-refractivity contribution in [2.75, 3.05) is 0 Å². The Balaban J connectivity index is 2.93. The summed E-state index contributed by atoms with van der Waals surface area (Å²) in [6.07, 6.45) is 3.90. The van der Waals surface area contributed by atoms with Gasteiger partial charge in [0, 0.05) is 12.4 Å². The lowest BCUT2D eigenvalue weighted by Gasteiger charge is -2.09. The summed E-state index contributed by atoms with van der Waals surface area (Å²) in [6.45, 7) is 3.92. The molecular formula is C9H13NO. The molecule has 1 N–H and O–H groups in total. The van der Waals surface area contributed by atoms with Crippen LogP contribution in [0.2, 0.25) is 0 Å². The highest BCUT2D eigenvalue weighted by Crippen LogP contribution is 2.18. The Labute approximate surface area is 66.9 Å². The lowest BCUT2D eigenvalue weighted by molar-refractivity contribution is 0.173. The summed E-state index contributed by atoms with van der Waals surface area (Å²) in [6, 6.07) is 1.86. The number of nitrogens with zero attached hydrogens (tertiary/aromatic N) is 1. The van der Waals surface area contributed by atoms with Gasteiger partial charge in [0.05, 0.1) is 6.10 Å². The Hall–Kier alpha value is -0.890. The third-order valence-electron chi connectivity index (χ3n) is 1.81. The van der Waals surface area contributed by atoms with Gasteiger partial charge in [-0.3, -0.25) is 4.98 Å². The van der Waals surface area contributed by atoms with E-state index in [1.54, 1.807) is 12.4 Å². The summed E-state index contributed by atoms with van der Waals surface area (Å²) in [5, 5.41) is 9.48. The molecule has 0 aromatic carbocycles. The van der Waals surface area contributed by atoms with E-state index in [0.717, 1.165) is 17.5 Å². The number of hydrogen-bond acceptors (Lipinski definition) is 2. The summed E-state index contributed by atoms with van der Waals surface area (Å²) in [5.74, 6) is 0. The van der Waals surface area contributed by atoms with E-state index in [-0.39, 0.29) is 6.10 Å². The zero-order valence-corrected chi connectivity index (χ0v) is 6.91. The van der Waals surface area contributed by atoms with Gasteiger partial charge in [-0.2, -0.15) is 0 Å². The van der Waals surface area contributed by atoms with E-state index in [9.17, 15) is 5.11 Å². The van der Waals surface area contributed by atoms with Crippen LogP contribution in [0.15, 0.2) is 18.5 Å². The number of aryl methyl sites for hydroxylation is 1. The summed E-state index contributed by atoms with van der Waals surface area (Å²) in [7, 11) is 0. The molecule has 0 amide bonds. The smallest absolute Gasteiger partial charge is 0.0791 e. The maximum absolute atomic E-state index is 9.48. The highest BCUT2D eigenvalue weighted by atomic mass is 16.3. The molecule has 1 atom stereocenters. The fourth-order valence-electron chi connectivity index (χ4n) is 1.08. The van der Waals surface area contributed by atoms with Crippen LogP contribution in [-0.2, 0) is 0 Å². The molecule has 2 heteroatoms. The van der Waals surface area contributed by atoms with Crippen molar-refractivity contribution in [1.29, 1.82) is 0 Å². The monoisotopic (exact) mass is 151 g/mol. The predicted octanol–water partition coefficient (Wildman–Crippen LogP) is 1.83. The van der Waals surface area contributed by atoms with Crippen LogP contribution in [0.4, 0.5) is 0 Å². The molecule has 1 rings (SSSR count). The highest BCUT2D eigenvalue weighted by molar-refractivity contribution is 5.23. The van der Waals surface area contributed by atoms with Gasteiger partial charge in [0.2, 0.25) is 0 Å². The minimum Gasteiger partial charge on any atom is -0.388 e. The average molecular weight is 151 g/mol. The first-order valence-electron chi connectivity index (χ1n) is 3.84. The second-order valence-corrected chi connectivity index (χ2v) is 2.66. The van der Waals surface area contributed by atoms with E-state index < -0.39 is 0 Å². The van der Waals surface area contributed by atoms with Crippen molar-refractivity contribution in [2.45, 2.75) is 26.4 Å². The molecular weight excluding hydrogens is 138 g/mol. The first-order valence-corrected chi connectivity index (χ1v) is 3.84. The highest BCUT2D eigenvalue weighted by Gasteiger charge is 2.06. The Morgan fingerprint density at radius 1 is 1.64 bits per heavy atom. The molecule has 1 aromatic rings. The minimum absolute atomic E-state index is 0.335. The largest absolute Gasteiger partial charge is 0.388 e. The van der Waals surface area contributed by atoms with Crippen molar-refractivity contribution < 1.29 is 5.11 Å². The van der Waals surface area contributed by atoms with Crippen LogP contribution >= 0.6 is 0 Å². The van der Waals surface area contributed by atoms with Gasteiger partial charge in [0.15, 0.2) is 0 Å². The number of aromatic nitrogens is 1. The topological polar surface area (TPSA) is 33.1 Å². The Morgan fingerprint density at radius 2 is 2.36 bits per heavy atom. The van der Waals surface area contributed by atoms with E-state index in [1.807, 2.05) is 19.9 Å². The maximum Gasteiger partial charge on any atom is 0.0791 e. The molecule has 0 spiro atoms. The lowest BCUT2D eigenvalue weighted by atomic mass is 10.0. The molecule has 0 bridgehead atoms. The van der Waals surface area contributed by atoms with Gasteiger partial charge in [0.1, 0.15) is 0 Å². The third-order valence-corrected chi connectivity index (χ3v) is 1.81. The van der Waals surface area contributed by atoms with E-state index in [1.165, 1.54) is 0 Å². The van der Waals surface area contributed by atoms with Gasteiger partial charge in [-0.15, -0.1) is 0 Å². The minimum atomic E-state index is -0.335. The SMILES string of the molecule is CC[C@@H](O)c1ccncc1C. The number of aliphatic hydroxyl groups is 1. The van der Waals surface area contributed by atoms with Gasteiger partial charge < -0.3 is 5.11 Å². The normalized spacial score (nSPS) is 13.0. The fourth-order valence-corrected chi connectivity index (χ4v) is 1.08. The summed E-state index contributed by atoms with van der Waals surface area (Å²) < 4.78 is 0. The molecule has 0 unspecified atom stereocenters. The van der Waals surface area contributed by atoms with E-state index in [2.05, 4.69) is 4.98 Å². The molecule has 0 fully saturated rings. The molecule has 0 radical (unpaired) electrons. The van der Waals surface area contributed by atoms with Gasteiger partial charge in [-0.1, -0.05) is 6.92 Å². The van der Waals surface area contributed by atoms with Crippen molar-refractivity contribution in [3.63, 3.8) is 0 Å². The molecule has 0 aliphatic rings.